The van der Waals surface area contributed by atoms with Gasteiger partial charge in [-0.2, -0.15) is 13.2 Å². The number of aryl methyl sites for hydroxylation is 3. The third kappa shape index (κ3) is 3.86. The lowest BCUT2D eigenvalue weighted by Crippen LogP contribution is -2.07. The highest BCUT2D eigenvalue weighted by atomic mass is 19.4. The van der Waals surface area contributed by atoms with Crippen LogP contribution in [0.2, 0.25) is 0 Å². The van der Waals surface area contributed by atoms with E-state index in [0.717, 1.165) is 49.0 Å². The summed E-state index contributed by atoms with van der Waals surface area (Å²) in [5.41, 5.74) is 5.80. The van der Waals surface area contributed by atoms with Gasteiger partial charge in [0.15, 0.2) is 0 Å². The van der Waals surface area contributed by atoms with Crippen LogP contribution in [0.3, 0.4) is 0 Å². The third-order valence-corrected chi connectivity index (χ3v) is 7.55. The monoisotopic (exact) mass is 490 g/mol. The van der Waals surface area contributed by atoms with Crippen molar-refractivity contribution in [3.63, 3.8) is 0 Å². The zero-order valence-electron chi connectivity index (χ0n) is 20.9. The van der Waals surface area contributed by atoms with Crippen molar-refractivity contribution >= 4 is 32.3 Å². The summed E-state index contributed by atoms with van der Waals surface area (Å²) in [5.74, 6) is 0. The van der Waals surface area contributed by atoms with Gasteiger partial charge >= 0.3 is 6.18 Å². The number of benzene rings is 6. The average molecular weight is 491 g/mol. The minimum atomic E-state index is -4.40. The maximum atomic E-state index is 13.8. The Morgan fingerprint density at radius 2 is 0.892 bits per heavy atom. The van der Waals surface area contributed by atoms with Crippen LogP contribution < -0.4 is 0 Å². The zero-order valence-corrected chi connectivity index (χ0v) is 20.9. The topological polar surface area (TPSA) is 0 Å². The molecule has 6 aromatic rings. The molecule has 3 heteroatoms. The Balaban J connectivity index is 1.73. The van der Waals surface area contributed by atoms with E-state index in [-0.39, 0.29) is 5.56 Å². The van der Waals surface area contributed by atoms with Gasteiger partial charge in [0.05, 0.1) is 5.56 Å². The normalized spacial score (nSPS) is 12.1. The number of rotatable bonds is 2. The second kappa shape index (κ2) is 8.48. The third-order valence-electron chi connectivity index (χ3n) is 7.55. The molecule has 0 aliphatic heterocycles. The Morgan fingerprint density at radius 3 is 1.38 bits per heavy atom. The van der Waals surface area contributed by atoms with Gasteiger partial charge in [-0.3, -0.25) is 0 Å². The second-order valence-corrected chi connectivity index (χ2v) is 9.86. The Morgan fingerprint density at radius 1 is 0.432 bits per heavy atom. The molecule has 0 amide bonds. The highest BCUT2D eigenvalue weighted by Crippen LogP contribution is 2.43. The molecule has 37 heavy (non-hydrogen) atoms. The average Bonchev–Trinajstić information content (AvgIpc) is 2.89. The van der Waals surface area contributed by atoms with Gasteiger partial charge in [0, 0.05) is 0 Å². The molecule has 0 aliphatic carbocycles. The molecule has 0 bridgehead atoms. The lowest BCUT2D eigenvalue weighted by Gasteiger charge is -2.17. The Hall–Kier alpha value is -4.11. The number of hydrogen-bond donors (Lipinski definition) is 0. The van der Waals surface area contributed by atoms with E-state index in [9.17, 15) is 13.2 Å². The summed E-state index contributed by atoms with van der Waals surface area (Å²) in [6, 6.07) is 31.8. The van der Waals surface area contributed by atoms with Crippen molar-refractivity contribution in [1.29, 1.82) is 0 Å². The molecular weight excluding hydrogens is 465 g/mol. The van der Waals surface area contributed by atoms with E-state index in [2.05, 4.69) is 62.4 Å². The summed E-state index contributed by atoms with van der Waals surface area (Å²) < 4.78 is 41.3. The van der Waals surface area contributed by atoms with E-state index < -0.39 is 11.7 Å². The molecule has 6 aromatic carbocycles. The number of hydrogen-bond acceptors (Lipinski definition) is 0. The molecule has 0 saturated heterocycles. The predicted molar refractivity (Wildman–Crippen MR) is 149 cm³/mol. The van der Waals surface area contributed by atoms with Crippen molar-refractivity contribution in [3.05, 3.63) is 119 Å². The van der Waals surface area contributed by atoms with E-state index in [1.165, 1.54) is 24.1 Å². The van der Waals surface area contributed by atoms with Crippen LogP contribution in [-0.4, -0.2) is 0 Å². The van der Waals surface area contributed by atoms with Gasteiger partial charge < -0.3 is 0 Å². The minimum Gasteiger partial charge on any atom is -0.166 e. The molecule has 0 unspecified atom stereocenters. The van der Waals surface area contributed by atoms with Crippen LogP contribution in [0, 0.1) is 20.8 Å². The van der Waals surface area contributed by atoms with Crippen molar-refractivity contribution < 1.29 is 13.2 Å². The van der Waals surface area contributed by atoms with Gasteiger partial charge in [-0.05, 0) is 110 Å². The smallest absolute Gasteiger partial charge is 0.166 e. The first-order chi connectivity index (χ1) is 17.7. The number of fused-ring (bicyclic) bond motifs is 5. The van der Waals surface area contributed by atoms with Crippen LogP contribution in [0.25, 0.3) is 54.6 Å². The highest BCUT2D eigenvalue weighted by Gasteiger charge is 2.32. The summed E-state index contributed by atoms with van der Waals surface area (Å²) in [6.07, 6.45) is -4.40. The zero-order chi connectivity index (χ0) is 25.9. The van der Waals surface area contributed by atoms with Crippen molar-refractivity contribution in [2.75, 3.05) is 0 Å². The standard InChI is InChI=1S/C34H25F3/c1-20-12-14-23(16-22(20)3)29-18-31-28-11-7-5-9-26(28)30(19-32(31)27-10-6-4-8-25(27)29)24-15-13-21(2)33(17-24)34(35,36)37/h4-19H,1-3H3. The second-order valence-electron chi connectivity index (χ2n) is 9.86. The highest BCUT2D eigenvalue weighted by molar-refractivity contribution is 6.23. The van der Waals surface area contributed by atoms with Crippen LogP contribution in [0.5, 0.6) is 0 Å². The summed E-state index contributed by atoms with van der Waals surface area (Å²) in [6.45, 7) is 5.75. The summed E-state index contributed by atoms with van der Waals surface area (Å²) in [7, 11) is 0. The molecule has 0 N–H and O–H groups in total. The van der Waals surface area contributed by atoms with Crippen molar-refractivity contribution in [3.8, 4) is 22.3 Å². The summed E-state index contributed by atoms with van der Waals surface area (Å²) in [5, 5.41) is 6.30. The molecule has 182 valence electrons. The molecule has 0 spiro atoms. The van der Waals surface area contributed by atoms with Crippen LogP contribution in [0.15, 0.2) is 97.1 Å². The molecule has 0 atom stereocenters. The van der Waals surface area contributed by atoms with Gasteiger partial charge in [-0.25, -0.2) is 0 Å². The van der Waals surface area contributed by atoms with Crippen LogP contribution >= 0.6 is 0 Å². The molecule has 0 fully saturated rings. The molecule has 0 aromatic heterocycles. The lowest BCUT2D eigenvalue weighted by atomic mass is 9.87. The fourth-order valence-corrected chi connectivity index (χ4v) is 5.43. The minimum absolute atomic E-state index is 0.227. The molecule has 0 heterocycles. The molecule has 0 saturated carbocycles. The van der Waals surface area contributed by atoms with Gasteiger partial charge in [0.1, 0.15) is 0 Å². The quantitative estimate of drug-likeness (QED) is 0.212. The largest absolute Gasteiger partial charge is 0.416 e. The first-order valence-corrected chi connectivity index (χ1v) is 12.4. The van der Waals surface area contributed by atoms with Crippen LogP contribution in [0.1, 0.15) is 22.3 Å². The van der Waals surface area contributed by atoms with Gasteiger partial charge in [-0.15, -0.1) is 0 Å². The Bertz CT molecular complexity index is 1840. The van der Waals surface area contributed by atoms with E-state index in [1.807, 2.05) is 30.3 Å². The lowest BCUT2D eigenvalue weighted by molar-refractivity contribution is -0.138. The fraction of sp³-hybridized carbons (Fsp3) is 0.118. The maximum Gasteiger partial charge on any atom is 0.416 e. The van der Waals surface area contributed by atoms with E-state index in [4.69, 9.17) is 0 Å². The van der Waals surface area contributed by atoms with Crippen LogP contribution in [-0.2, 0) is 6.18 Å². The fourth-order valence-electron chi connectivity index (χ4n) is 5.43. The first-order valence-electron chi connectivity index (χ1n) is 12.4. The van der Waals surface area contributed by atoms with Crippen molar-refractivity contribution in [2.45, 2.75) is 26.9 Å². The van der Waals surface area contributed by atoms with E-state index in [0.29, 0.717) is 5.56 Å². The van der Waals surface area contributed by atoms with Crippen molar-refractivity contribution in [1.82, 2.24) is 0 Å². The Kier molecular flexibility index (Phi) is 5.34. The number of alkyl halides is 3. The first kappa shape index (κ1) is 23.3. The number of halogens is 3. The maximum absolute atomic E-state index is 13.8. The van der Waals surface area contributed by atoms with Gasteiger partial charge in [0.25, 0.3) is 0 Å². The molecule has 6 rings (SSSR count). The van der Waals surface area contributed by atoms with E-state index >= 15 is 0 Å². The van der Waals surface area contributed by atoms with Gasteiger partial charge in [-0.1, -0.05) is 78.9 Å². The van der Waals surface area contributed by atoms with Crippen LogP contribution in [0.4, 0.5) is 13.2 Å². The predicted octanol–water partition coefficient (Wildman–Crippen LogP) is 10.4. The SMILES string of the molecule is Cc1ccc(-c2cc3c4ccccc4c(-c4ccc(C)c(C(F)(F)F)c4)cc3c3ccccc23)cc1C. The molecule has 0 radical (unpaired) electrons. The van der Waals surface area contributed by atoms with Gasteiger partial charge in [0.2, 0.25) is 0 Å². The molecule has 0 aliphatic rings. The van der Waals surface area contributed by atoms with E-state index in [1.54, 1.807) is 12.1 Å². The summed E-state index contributed by atoms with van der Waals surface area (Å²) in [4.78, 5) is 0. The van der Waals surface area contributed by atoms with Crippen molar-refractivity contribution in [2.24, 2.45) is 0 Å². The molecular formula is C34H25F3. The molecule has 0 nitrogen and oxygen atoms in total. The summed E-state index contributed by atoms with van der Waals surface area (Å²) >= 11 is 0. The Labute approximate surface area is 214 Å².